The van der Waals surface area contributed by atoms with E-state index in [-0.39, 0.29) is 5.91 Å². The van der Waals surface area contributed by atoms with Crippen LogP contribution in [-0.4, -0.2) is 27.3 Å². The number of nitrogens with one attached hydrogen (secondary N) is 1. The van der Waals surface area contributed by atoms with Crippen LogP contribution in [0.5, 0.6) is 5.75 Å². The molecule has 6 nitrogen and oxygen atoms in total. The number of carbonyl (C=O) groups is 1. The molecule has 3 rings (SSSR count). The molecule has 3 aromatic rings. The maximum Gasteiger partial charge on any atom is 0.275 e. The Balaban J connectivity index is 1.84. The molecule has 2 heterocycles. The van der Waals surface area contributed by atoms with Crippen LogP contribution in [-0.2, 0) is 6.54 Å². The summed E-state index contributed by atoms with van der Waals surface area (Å²) >= 11 is 1.43. The van der Waals surface area contributed by atoms with Gasteiger partial charge >= 0.3 is 0 Å². The van der Waals surface area contributed by atoms with E-state index in [1.54, 1.807) is 10.7 Å². The summed E-state index contributed by atoms with van der Waals surface area (Å²) in [7, 11) is 0. The van der Waals surface area contributed by atoms with Gasteiger partial charge in [0, 0.05) is 6.54 Å². The molecule has 0 aliphatic heterocycles. The summed E-state index contributed by atoms with van der Waals surface area (Å²) in [6, 6.07) is 7.49. The second-order valence-corrected chi connectivity index (χ2v) is 6.05. The summed E-state index contributed by atoms with van der Waals surface area (Å²) in [5, 5.41) is 7.71. The highest BCUT2D eigenvalue weighted by Crippen LogP contribution is 2.29. The molecule has 1 aromatic carbocycles. The molecule has 7 heteroatoms. The SMILES string of the molecule is CCOc1ccc2nc(NC(=O)c3cc(C)nn3CC)sc2c1. The fourth-order valence-electron chi connectivity index (χ4n) is 2.35. The predicted molar refractivity (Wildman–Crippen MR) is 91.4 cm³/mol. The van der Waals surface area contributed by atoms with E-state index in [9.17, 15) is 4.79 Å². The lowest BCUT2D eigenvalue weighted by Crippen LogP contribution is -2.17. The van der Waals surface area contributed by atoms with Gasteiger partial charge in [-0.1, -0.05) is 11.3 Å². The fraction of sp³-hybridized carbons (Fsp3) is 0.312. The standard InChI is InChI=1S/C16H18N4O2S/c1-4-20-13(8-10(3)19-20)15(21)18-16-17-12-7-6-11(22-5-2)9-14(12)23-16/h6-9H,4-5H2,1-3H3,(H,17,18,21). The summed E-state index contributed by atoms with van der Waals surface area (Å²) in [4.78, 5) is 16.9. The zero-order valence-electron chi connectivity index (χ0n) is 13.3. The number of ether oxygens (including phenoxy) is 1. The van der Waals surface area contributed by atoms with Crippen LogP contribution in [0.15, 0.2) is 24.3 Å². The Labute approximate surface area is 138 Å². The zero-order valence-corrected chi connectivity index (χ0v) is 14.1. The van der Waals surface area contributed by atoms with E-state index >= 15 is 0 Å². The number of carbonyl (C=O) groups excluding carboxylic acids is 1. The van der Waals surface area contributed by atoms with Crippen LogP contribution in [0.2, 0.25) is 0 Å². The average molecular weight is 330 g/mol. The minimum absolute atomic E-state index is 0.198. The lowest BCUT2D eigenvalue weighted by Gasteiger charge is -2.03. The van der Waals surface area contributed by atoms with Crippen LogP contribution in [0, 0.1) is 6.92 Å². The Morgan fingerprint density at radius 3 is 2.91 bits per heavy atom. The number of aromatic nitrogens is 3. The molecule has 0 unspecified atom stereocenters. The second kappa shape index (κ2) is 6.37. The molecule has 0 atom stereocenters. The van der Waals surface area contributed by atoms with Crippen molar-refractivity contribution in [1.29, 1.82) is 0 Å². The van der Waals surface area contributed by atoms with E-state index in [2.05, 4.69) is 15.4 Å². The first-order valence-corrected chi connectivity index (χ1v) is 8.31. The minimum atomic E-state index is -0.198. The first-order valence-electron chi connectivity index (χ1n) is 7.50. The van der Waals surface area contributed by atoms with Gasteiger partial charge in [-0.25, -0.2) is 4.98 Å². The molecule has 0 aliphatic rings. The van der Waals surface area contributed by atoms with Crippen molar-refractivity contribution in [1.82, 2.24) is 14.8 Å². The fourth-order valence-corrected chi connectivity index (χ4v) is 3.23. The molecular weight excluding hydrogens is 312 g/mol. The molecule has 0 saturated heterocycles. The van der Waals surface area contributed by atoms with Crippen LogP contribution >= 0.6 is 11.3 Å². The molecule has 1 N–H and O–H groups in total. The van der Waals surface area contributed by atoms with E-state index in [0.717, 1.165) is 21.7 Å². The minimum Gasteiger partial charge on any atom is -0.494 e. The quantitative estimate of drug-likeness (QED) is 0.778. The van der Waals surface area contributed by atoms with E-state index in [4.69, 9.17) is 4.74 Å². The van der Waals surface area contributed by atoms with Crippen molar-refractivity contribution in [3.05, 3.63) is 35.7 Å². The Hall–Kier alpha value is -2.41. The van der Waals surface area contributed by atoms with E-state index in [0.29, 0.717) is 24.0 Å². The number of fused-ring (bicyclic) bond motifs is 1. The van der Waals surface area contributed by atoms with Gasteiger partial charge in [0.1, 0.15) is 11.4 Å². The van der Waals surface area contributed by atoms with Crippen molar-refractivity contribution < 1.29 is 9.53 Å². The Kier molecular flexibility index (Phi) is 4.29. The smallest absolute Gasteiger partial charge is 0.275 e. The van der Waals surface area contributed by atoms with Gasteiger partial charge in [-0.15, -0.1) is 0 Å². The van der Waals surface area contributed by atoms with Crippen molar-refractivity contribution in [2.24, 2.45) is 0 Å². The summed E-state index contributed by atoms with van der Waals surface area (Å²) in [6.07, 6.45) is 0. The molecule has 0 bridgehead atoms. The summed E-state index contributed by atoms with van der Waals surface area (Å²) in [5.41, 5.74) is 2.20. The first kappa shape index (κ1) is 15.5. The van der Waals surface area contributed by atoms with Gasteiger partial charge in [-0.05, 0) is 45.0 Å². The molecular formula is C16H18N4O2S. The summed E-state index contributed by atoms with van der Waals surface area (Å²) < 4.78 is 8.15. The molecule has 0 fully saturated rings. The third kappa shape index (κ3) is 3.19. The second-order valence-electron chi connectivity index (χ2n) is 5.02. The number of hydrogen-bond donors (Lipinski definition) is 1. The van der Waals surface area contributed by atoms with Crippen LogP contribution in [0.25, 0.3) is 10.2 Å². The van der Waals surface area contributed by atoms with Crippen molar-refractivity contribution in [2.75, 3.05) is 11.9 Å². The number of thiazole rings is 1. The highest BCUT2D eigenvalue weighted by molar-refractivity contribution is 7.22. The molecule has 1 amide bonds. The number of hydrogen-bond acceptors (Lipinski definition) is 5. The van der Waals surface area contributed by atoms with E-state index in [1.165, 1.54) is 11.3 Å². The molecule has 120 valence electrons. The van der Waals surface area contributed by atoms with Crippen LogP contribution in [0.1, 0.15) is 30.0 Å². The van der Waals surface area contributed by atoms with Gasteiger partial charge in [0.15, 0.2) is 5.13 Å². The monoisotopic (exact) mass is 330 g/mol. The average Bonchev–Trinajstić information content (AvgIpc) is 3.09. The van der Waals surface area contributed by atoms with Crippen molar-refractivity contribution in [3.8, 4) is 5.75 Å². The van der Waals surface area contributed by atoms with Crippen molar-refractivity contribution in [3.63, 3.8) is 0 Å². The Morgan fingerprint density at radius 1 is 1.35 bits per heavy atom. The number of aryl methyl sites for hydroxylation is 2. The van der Waals surface area contributed by atoms with E-state index in [1.807, 2.05) is 39.0 Å². The summed E-state index contributed by atoms with van der Waals surface area (Å²) in [6.45, 7) is 7.04. The van der Waals surface area contributed by atoms with Gasteiger partial charge in [0.2, 0.25) is 0 Å². The summed E-state index contributed by atoms with van der Waals surface area (Å²) in [5.74, 6) is 0.609. The molecule has 0 radical (unpaired) electrons. The highest BCUT2D eigenvalue weighted by atomic mass is 32.1. The van der Waals surface area contributed by atoms with Crippen molar-refractivity contribution in [2.45, 2.75) is 27.3 Å². The molecule has 23 heavy (non-hydrogen) atoms. The van der Waals surface area contributed by atoms with Crippen LogP contribution in [0.3, 0.4) is 0 Å². The van der Waals surface area contributed by atoms with Crippen LogP contribution < -0.4 is 10.1 Å². The molecule has 0 spiro atoms. The normalized spacial score (nSPS) is 10.9. The van der Waals surface area contributed by atoms with E-state index < -0.39 is 0 Å². The number of nitrogens with zero attached hydrogens (tertiary/aromatic N) is 3. The van der Waals surface area contributed by atoms with Crippen LogP contribution in [0.4, 0.5) is 5.13 Å². The molecule has 2 aromatic heterocycles. The van der Waals surface area contributed by atoms with Gasteiger partial charge in [0.25, 0.3) is 5.91 Å². The third-order valence-corrected chi connectivity index (χ3v) is 4.26. The van der Waals surface area contributed by atoms with Gasteiger partial charge in [-0.2, -0.15) is 5.10 Å². The predicted octanol–water partition coefficient (Wildman–Crippen LogP) is 3.47. The highest BCUT2D eigenvalue weighted by Gasteiger charge is 2.15. The molecule has 0 saturated carbocycles. The number of benzene rings is 1. The Bertz CT molecular complexity index is 853. The topological polar surface area (TPSA) is 69.0 Å². The number of rotatable bonds is 5. The number of anilines is 1. The first-order chi connectivity index (χ1) is 11.1. The van der Waals surface area contributed by atoms with Gasteiger partial charge in [-0.3, -0.25) is 14.8 Å². The largest absolute Gasteiger partial charge is 0.494 e. The third-order valence-electron chi connectivity index (χ3n) is 3.33. The zero-order chi connectivity index (χ0) is 16.4. The van der Waals surface area contributed by atoms with Gasteiger partial charge in [0.05, 0.1) is 22.5 Å². The van der Waals surface area contributed by atoms with Crippen molar-refractivity contribution >= 4 is 32.6 Å². The maximum absolute atomic E-state index is 12.4. The van der Waals surface area contributed by atoms with Gasteiger partial charge < -0.3 is 4.74 Å². The Morgan fingerprint density at radius 2 is 2.17 bits per heavy atom. The lowest BCUT2D eigenvalue weighted by atomic mass is 10.3. The molecule has 0 aliphatic carbocycles. The maximum atomic E-state index is 12.4. The lowest BCUT2D eigenvalue weighted by molar-refractivity contribution is 0.101. The number of amides is 1.